The van der Waals surface area contributed by atoms with Crippen LogP contribution in [0, 0.1) is 0 Å². The smallest absolute Gasteiger partial charge is 0.343 e. The lowest BCUT2D eigenvalue weighted by Gasteiger charge is -2.41. The zero-order valence-electron chi connectivity index (χ0n) is 21.0. The first kappa shape index (κ1) is 29.4. The molecule has 3 rings (SSSR count). The molecular formula is C25H30ClNO11. The second-order valence-corrected chi connectivity index (χ2v) is 8.63. The molecular weight excluding hydrogens is 526 g/mol. The Bertz CT molecular complexity index is 1100. The van der Waals surface area contributed by atoms with Crippen LogP contribution in [0.1, 0.15) is 15.9 Å². The first-order valence-electron chi connectivity index (χ1n) is 11.5. The minimum absolute atomic E-state index is 0.0396. The minimum Gasteiger partial charge on any atom is -0.496 e. The van der Waals surface area contributed by atoms with Gasteiger partial charge in [-0.15, -0.1) is 0 Å². The maximum atomic E-state index is 13.1. The lowest BCUT2D eigenvalue weighted by Crippen LogP contribution is -2.64. The van der Waals surface area contributed by atoms with Gasteiger partial charge in [-0.05, 0) is 23.8 Å². The third kappa shape index (κ3) is 7.04. The van der Waals surface area contributed by atoms with E-state index < -0.39 is 49.1 Å². The zero-order valence-corrected chi connectivity index (χ0v) is 21.7. The number of rotatable bonds is 11. The van der Waals surface area contributed by atoms with Crippen molar-refractivity contribution in [1.82, 2.24) is 5.32 Å². The van der Waals surface area contributed by atoms with E-state index in [4.69, 9.17) is 35.3 Å². The van der Waals surface area contributed by atoms with E-state index in [2.05, 4.69) is 10.1 Å². The van der Waals surface area contributed by atoms with Gasteiger partial charge in [0.25, 0.3) is 5.91 Å². The largest absolute Gasteiger partial charge is 0.496 e. The fraction of sp³-hybridized carbons (Fsp3) is 0.440. The van der Waals surface area contributed by atoms with E-state index in [1.165, 1.54) is 33.5 Å². The maximum absolute atomic E-state index is 13.1. The molecule has 5 atom stereocenters. The number of halogens is 1. The summed E-state index contributed by atoms with van der Waals surface area (Å²) in [6.07, 6.45) is -5.13. The molecule has 1 saturated heterocycles. The summed E-state index contributed by atoms with van der Waals surface area (Å²) >= 11 is 6.38. The molecule has 0 saturated carbocycles. The average Bonchev–Trinajstić information content (AvgIpc) is 2.93. The van der Waals surface area contributed by atoms with Crippen LogP contribution in [0.5, 0.6) is 17.2 Å². The van der Waals surface area contributed by atoms with Gasteiger partial charge in [0.05, 0.1) is 31.4 Å². The third-order valence-corrected chi connectivity index (χ3v) is 6.11. The number of carbonyl (C=O) groups is 2. The highest BCUT2D eigenvalue weighted by Crippen LogP contribution is 2.34. The number of amides is 1. The number of aliphatic hydroxyl groups excluding tert-OH is 3. The van der Waals surface area contributed by atoms with Crippen LogP contribution in [0.2, 0.25) is 5.02 Å². The molecule has 0 aromatic heterocycles. The number of ether oxygens (including phenoxy) is 6. The van der Waals surface area contributed by atoms with Gasteiger partial charge in [0, 0.05) is 13.2 Å². The van der Waals surface area contributed by atoms with Gasteiger partial charge in [0.2, 0.25) is 0 Å². The molecule has 1 fully saturated rings. The molecule has 38 heavy (non-hydrogen) atoms. The first-order chi connectivity index (χ1) is 18.2. The van der Waals surface area contributed by atoms with Gasteiger partial charge in [0.1, 0.15) is 48.2 Å². The van der Waals surface area contributed by atoms with Crippen molar-refractivity contribution in [3.63, 3.8) is 0 Å². The van der Waals surface area contributed by atoms with Gasteiger partial charge in [-0.1, -0.05) is 23.7 Å². The Labute approximate surface area is 223 Å². The number of benzene rings is 2. The third-order valence-electron chi connectivity index (χ3n) is 5.81. The summed E-state index contributed by atoms with van der Waals surface area (Å²) < 4.78 is 31.6. The van der Waals surface area contributed by atoms with Crippen molar-refractivity contribution < 1.29 is 53.3 Å². The van der Waals surface area contributed by atoms with Crippen molar-refractivity contribution in [2.75, 3.05) is 34.5 Å². The van der Waals surface area contributed by atoms with Crippen molar-refractivity contribution in [3.8, 4) is 17.2 Å². The Morgan fingerprint density at radius 2 is 1.74 bits per heavy atom. The summed E-state index contributed by atoms with van der Waals surface area (Å²) in [7, 11) is 3.94. The highest BCUT2D eigenvalue weighted by atomic mass is 35.5. The topological polar surface area (TPSA) is 162 Å². The van der Waals surface area contributed by atoms with Gasteiger partial charge in [0.15, 0.2) is 12.9 Å². The van der Waals surface area contributed by atoms with E-state index >= 15 is 0 Å². The molecule has 4 N–H and O–H groups in total. The molecule has 13 heteroatoms. The Hall–Kier alpha value is -3.13. The second-order valence-electron chi connectivity index (χ2n) is 8.22. The van der Waals surface area contributed by atoms with Gasteiger partial charge >= 0.3 is 5.97 Å². The maximum Gasteiger partial charge on any atom is 0.343 e. The van der Waals surface area contributed by atoms with Gasteiger partial charge < -0.3 is 49.1 Å². The number of hydrogen-bond acceptors (Lipinski definition) is 11. The summed E-state index contributed by atoms with van der Waals surface area (Å²) in [5, 5.41) is 32.7. The molecule has 1 aliphatic heterocycles. The molecule has 0 unspecified atom stereocenters. The minimum atomic E-state index is -1.48. The highest BCUT2D eigenvalue weighted by Gasteiger charge is 2.45. The van der Waals surface area contributed by atoms with Gasteiger partial charge in [-0.2, -0.15) is 0 Å². The fourth-order valence-electron chi connectivity index (χ4n) is 3.70. The van der Waals surface area contributed by atoms with Crippen LogP contribution < -0.4 is 19.5 Å². The van der Waals surface area contributed by atoms with E-state index in [1.807, 2.05) is 0 Å². The number of carbonyl (C=O) groups excluding carboxylic acids is 2. The summed E-state index contributed by atoms with van der Waals surface area (Å²) in [6.45, 7) is -0.613. The van der Waals surface area contributed by atoms with Crippen LogP contribution in [0.15, 0.2) is 36.4 Å². The quantitative estimate of drug-likeness (QED) is 0.288. The van der Waals surface area contributed by atoms with Crippen molar-refractivity contribution in [1.29, 1.82) is 0 Å². The van der Waals surface area contributed by atoms with Gasteiger partial charge in [-0.25, -0.2) is 4.79 Å². The molecule has 1 amide bonds. The molecule has 208 valence electrons. The molecule has 2 aromatic rings. The van der Waals surface area contributed by atoms with Crippen molar-refractivity contribution in [2.45, 2.75) is 37.3 Å². The van der Waals surface area contributed by atoms with Crippen LogP contribution in [-0.4, -0.2) is 92.4 Å². The van der Waals surface area contributed by atoms with Crippen LogP contribution in [0.4, 0.5) is 0 Å². The van der Waals surface area contributed by atoms with Crippen molar-refractivity contribution in [2.24, 2.45) is 0 Å². The Balaban J connectivity index is 1.68. The lowest BCUT2D eigenvalue weighted by molar-refractivity contribution is -0.261. The predicted octanol–water partition coefficient (Wildman–Crippen LogP) is 0.663. The standard InChI is InChI=1S/C25H30ClNO11/c1-33-17-9-18(37-11-13-4-6-14(7-5-13)36-12-20(29)34-2)16(26)8-15(17)24(32)27-21-23(31)22(30)19(10-28)38-25(21)35-3/h4-9,19,21-23,25,28,30-31H,10-12H2,1-3H3,(H,27,32)/t19-,21-,22-,23-,25+/m1/s1. The number of esters is 1. The number of methoxy groups -OCH3 is 3. The average molecular weight is 556 g/mol. The molecule has 0 radical (unpaired) electrons. The highest BCUT2D eigenvalue weighted by molar-refractivity contribution is 6.32. The second kappa shape index (κ2) is 13.6. The van der Waals surface area contributed by atoms with E-state index in [9.17, 15) is 24.9 Å². The summed E-state index contributed by atoms with van der Waals surface area (Å²) in [6, 6.07) is 8.49. The number of hydrogen-bond donors (Lipinski definition) is 4. The van der Waals surface area contributed by atoms with Crippen molar-refractivity contribution in [3.05, 3.63) is 52.5 Å². The number of aliphatic hydroxyl groups is 3. The Kier molecular flexibility index (Phi) is 10.5. The van der Waals surface area contributed by atoms with E-state index in [0.29, 0.717) is 5.75 Å². The summed E-state index contributed by atoms with van der Waals surface area (Å²) in [5.74, 6) is -0.293. The molecule has 1 aliphatic rings. The molecule has 0 spiro atoms. The van der Waals surface area contributed by atoms with Crippen LogP contribution in [0.25, 0.3) is 0 Å². The Morgan fingerprint density at radius 1 is 1.03 bits per heavy atom. The number of nitrogens with one attached hydrogen (secondary N) is 1. The SMILES string of the molecule is COC(=O)COc1ccc(COc2cc(OC)c(C(=O)N[C@H]3[C@@H](OC)O[C@H](CO)[C@@H](O)[C@@H]3O)cc2Cl)cc1. The van der Waals surface area contributed by atoms with Crippen LogP contribution in [0.3, 0.4) is 0 Å². The monoisotopic (exact) mass is 555 g/mol. The predicted molar refractivity (Wildman–Crippen MR) is 132 cm³/mol. The molecule has 0 aliphatic carbocycles. The molecule has 0 bridgehead atoms. The lowest BCUT2D eigenvalue weighted by atomic mass is 9.96. The zero-order chi connectivity index (χ0) is 27.8. The Morgan fingerprint density at radius 3 is 2.34 bits per heavy atom. The van der Waals surface area contributed by atoms with E-state index in [-0.39, 0.29) is 35.3 Å². The fourth-order valence-corrected chi connectivity index (χ4v) is 3.92. The normalized spacial score (nSPS) is 22.9. The van der Waals surface area contributed by atoms with Crippen LogP contribution in [-0.2, 0) is 25.6 Å². The summed E-state index contributed by atoms with van der Waals surface area (Å²) in [4.78, 5) is 24.2. The van der Waals surface area contributed by atoms with Crippen LogP contribution >= 0.6 is 11.6 Å². The van der Waals surface area contributed by atoms with E-state index in [1.54, 1.807) is 24.3 Å². The van der Waals surface area contributed by atoms with Crippen molar-refractivity contribution >= 4 is 23.5 Å². The summed E-state index contributed by atoms with van der Waals surface area (Å²) in [5.41, 5.74) is 0.821. The molecule has 12 nitrogen and oxygen atoms in total. The van der Waals surface area contributed by atoms with Gasteiger partial charge in [-0.3, -0.25) is 4.79 Å². The first-order valence-corrected chi connectivity index (χ1v) is 11.8. The molecule has 2 aromatic carbocycles. The van der Waals surface area contributed by atoms with E-state index in [0.717, 1.165) is 5.56 Å². The molecule has 1 heterocycles.